The Kier molecular flexibility index (Phi) is 3.69. The molecule has 3 rings (SSSR count). The molecular formula is C17H25N. The van der Waals surface area contributed by atoms with E-state index in [9.17, 15) is 0 Å². The molecule has 2 fully saturated rings. The zero-order valence-electron chi connectivity index (χ0n) is 11.5. The fourth-order valence-electron chi connectivity index (χ4n) is 3.05. The molecule has 0 saturated heterocycles. The zero-order valence-corrected chi connectivity index (χ0v) is 11.5. The molecule has 18 heavy (non-hydrogen) atoms. The molecule has 1 N–H and O–H groups in total. The average molecular weight is 243 g/mol. The van der Waals surface area contributed by atoms with Crippen molar-refractivity contribution in [2.45, 2.75) is 64.0 Å². The summed E-state index contributed by atoms with van der Waals surface area (Å²) in [6, 6.07) is 10.0. The Morgan fingerprint density at radius 3 is 2.22 bits per heavy atom. The smallest absolute Gasteiger partial charge is 0.0208 e. The van der Waals surface area contributed by atoms with Gasteiger partial charge in [-0.05, 0) is 61.5 Å². The summed E-state index contributed by atoms with van der Waals surface area (Å²) in [5, 5.41) is 3.72. The highest BCUT2D eigenvalue weighted by atomic mass is 14.9. The Morgan fingerprint density at radius 2 is 1.61 bits per heavy atom. The fraction of sp³-hybridized carbons (Fsp3) is 0.647. The van der Waals surface area contributed by atoms with Gasteiger partial charge in [0.05, 0.1) is 0 Å². The van der Waals surface area contributed by atoms with Crippen LogP contribution in [-0.2, 0) is 6.54 Å². The van der Waals surface area contributed by atoms with Crippen molar-refractivity contribution in [1.29, 1.82) is 0 Å². The van der Waals surface area contributed by atoms with Gasteiger partial charge in [-0.1, -0.05) is 31.2 Å². The van der Waals surface area contributed by atoms with Gasteiger partial charge in [-0.15, -0.1) is 0 Å². The average Bonchev–Trinajstić information content (AvgIpc) is 3.23. The van der Waals surface area contributed by atoms with Gasteiger partial charge in [0.15, 0.2) is 0 Å². The lowest BCUT2D eigenvalue weighted by atomic mass is 9.87. The fourth-order valence-corrected chi connectivity index (χ4v) is 3.05. The number of rotatable bonds is 4. The third-order valence-electron chi connectivity index (χ3n) is 4.64. The predicted molar refractivity (Wildman–Crippen MR) is 76.7 cm³/mol. The first-order chi connectivity index (χ1) is 8.81. The lowest BCUT2D eigenvalue weighted by molar-refractivity contribution is 0.306. The van der Waals surface area contributed by atoms with Crippen LogP contribution in [0.5, 0.6) is 0 Å². The monoisotopic (exact) mass is 243 g/mol. The van der Waals surface area contributed by atoms with Gasteiger partial charge in [0.2, 0.25) is 0 Å². The van der Waals surface area contributed by atoms with E-state index < -0.39 is 0 Å². The lowest BCUT2D eigenvalue weighted by Crippen LogP contribution is -2.32. The van der Waals surface area contributed by atoms with E-state index in [2.05, 4.69) is 36.5 Å². The Balaban J connectivity index is 1.47. The first-order valence-electron chi connectivity index (χ1n) is 7.63. The van der Waals surface area contributed by atoms with E-state index >= 15 is 0 Å². The van der Waals surface area contributed by atoms with Crippen LogP contribution in [0.25, 0.3) is 0 Å². The highest BCUT2D eigenvalue weighted by Gasteiger charge is 2.23. The molecule has 0 amide bonds. The zero-order chi connectivity index (χ0) is 12.4. The molecule has 0 bridgehead atoms. The second-order valence-electron chi connectivity index (χ2n) is 6.35. The number of nitrogens with one attached hydrogen (secondary N) is 1. The number of hydrogen-bond acceptors (Lipinski definition) is 1. The Bertz CT molecular complexity index is 369. The minimum atomic E-state index is 0.754. The summed E-state index contributed by atoms with van der Waals surface area (Å²) in [5.41, 5.74) is 2.99. The van der Waals surface area contributed by atoms with E-state index in [4.69, 9.17) is 0 Å². The van der Waals surface area contributed by atoms with Crippen LogP contribution in [0.3, 0.4) is 0 Å². The molecule has 2 saturated carbocycles. The van der Waals surface area contributed by atoms with Gasteiger partial charge in [-0.3, -0.25) is 0 Å². The quantitative estimate of drug-likeness (QED) is 0.834. The summed E-state index contributed by atoms with van der Waals surface area (Å²) in [6.07, 6.45) is 8.33. The van der Waals surface area contributed by atoms with E-state index in [-0.39, 0.29) is 0 Å². The van der Waals surface area contributed by atoms with Crippen LogP contribution >= 0.6 is 0 Å². The van der Waals surface area contributed by atoms with Gasteiger partial charge in [0, 0.05) is 12.6 Å². The van der Waals surface area contributed by atoms with Crippen molar-refractivity contribution in [3.8, 4) is 0 Å². The molecule has 2 aliphatic rings. The van der Waals surface area contributed by atoms with Crippen molar-refractivity contribution in [1.82, 2.24) is 5.32 Å². The van der Waals surface area contributed by atoms with E-state index in [0.29, 0.717) is 0 Å². The maximum atomic E-state index is 3.72. The predicted octanol–water partition coefficient (Wildman–Crippen LogP) is 4.23. The maximum Gasteiger partial charge on any atom is 0.0208 e. The standard InChI is InChI=1S/C17H25N/c1-13-2-10-17(11-3-13)18-12-14-4-6-15(7-5-14)16-8-9-16/h4-7,13,16-18H,2-3,8-12H2,1H3. The van der Waals surface area contributed by atoms with Gasteiger partial charge in [-0.25, -0.2) is 0 Å². The summed E-state index contributed by atoms with van der Waals surface area (Å²) < 4.78 is 0. The molecule has 1 heteroatoms. The van der Waals surface area contributed by atoms with Crippen molar-refractivity contribution >= 4 is 0 Å². The molecule has 0 aromatic heterocycles. The maximum absolute atomic E-state index is 3.72. The molecule has 0 unspecified atom stereocenters. The first kappa shape index (κ1) is 12.2. The van der Waals surface area contributed by atoms with Crippen LogP contribution in [0.4, 0.5) is 0 Å². The first-order valence-corrected chi connectivity index (χ1v) is 7.63. The molecule has 1 nitrogen and oxygen atoms in total. The third kappa shape index (κ3) is 3.14. The van der Waals surface area contributed by atoms with Gasteiger partial charge in [-0.2, -0.15) is 0 Å². The summed E-state index contributed by atoms with van der Waals surface area (Å²) in [4.78, 5) is 0. The number of benzene rings is 1. The van der Waals surface area contributed by atoms with Crippen molar-refractivity contribution in [3.63, 3.8) is 0 Å². The highest BCUT2D eigenvalue weighted by Crippen LogP contribution is 2.39. The Labute approximate surface area is 111 Å². The number of hydrogen-bond donors (Lipinski definition) is 1. The molecule has 1 aromatic carbocycles. The van der Waals surface area contributed by atoms with Crippen LogP contribution in [0, 0.1) is 5.92 Å². The molecule has 0 radical (unpaired) electrons. The normalized spacial score (nSPS) is 28.3. The van der Waals surface area contributed by atoms with Crippen molar-refractivity contribution in [2.24, 2.45) is 5.92 Å². The molecule has 2 aliphatic carbocycles. The largest absolute Gasteiger partial charge is 0.310 e. The summed E-state index contributed by atoms with van der Waals surface area (Å²) in [6.45, 7) is 3.43. The summed E-state index contributed by atoms with van der Waals surface area (Å²) in [5.74, 6) is 1.83. The summed E-state index contributed by atoms with van der Waals surface area (Å²) >= 11 is 0. The van der Waals surface area contributed by atoms with E-state index in [0.717, 1.165) is 24.4 Å². The van der Waals surface area contributed by atoms with Crippen LogP contribution in [-0.4, -0.2) is 6.04 Å². The topological polar surface area (TPSA) is 12.0 Å². The molecule has 0 spiro atoms. The van der Waals surface area contributed by atoms with Crippen molar-refractivity contribution in [3.05, 3.63) is 35.4 Å². The Morgan fingerprint density at radius 1 is 0.944 bits per heavy atom. The molecule has 0 aliphatic heterocycles. The molecule has 98 valence electrons. The van der Waals surface area contributed by atoms with Crippen LogP contribution in [0.1, 0.15) is 62.5 Å². The summed E-state index contributed by atoms with van der Waals surface area (Å²) in [7, 11) is 0. The van der Waals surface area contributed by atoms with Crippen molar-refractivity contribution < 1.29 is 0 Å². The van der Waals surface area contributed by atoms with E-state index in [1.807, 2.05) is 0 Å². The van der Waals surface area contributed by atoms with Gasteiger partial charge in [0.25, 0.3) is 0 Å². The van der Waals surface area contributed by atoms with Crippen LogP contribution in [0.15, 0.2) is 24.3 Å². The molecule has 0 heterocycles. The highest BCUT2D eigenvalue weighted by molar-refractivity contribution is 5.28. The van der Waals surface area contributed by atoms with Crippen LogP contribution < -0.4 is 5.32 Å². The lowest BCUT2D eigenvalue weighted by Gasteiger charge is -2.27. The van der Waals surface area contributed by atoms with Crippen LogP contribution in [0.2, 0.25) is 0 Å². The Hall–Kier alpha value is -0.820. The second kappa shape index (κ2) is 5.44. The van der Waals surface area contributed by atoms with Gasteiger partial charge < -0.3 is 5.32 Å². The SMILES string of the molecule is CC1CCC(NCc2ccc(C3CC3)cc2)CC1. The molecular weight excluding hydrogens is 218 g/mol. The molecule has 1 aromatic rings. The molecule has 0 atom stereocenters. The minimum absolute atomic E-state index is 0.754. The van der Waals surface area contributed by atoms with Gasteiger partial charge in [0.1, 0.15) is 0 Å². The van der Waals surface area contributed by atoms with E-state index in [1.165, 1.54) is 44.1 Å². The third-order valence-corrected chi connectivity index (χ3v) is 4.64. The van der Waals surface area contributed by atoms with E-state index in [1.54, 1.807) is 5.56 Å². The minimum Gasteiger partial charge on any atom is -0.310 e. The van der Waals surface area contributed by atoms with Gasteiger partial charge >= 0.3 is 0 Å². The second-order valence-corrected chi connectivity index (χ2v) is 6.35. The van der Waals surface area contributed by atoms with Crippen molar-refractivity contribution in [2.75, 3.05) is 0 Å².